The van der Waals surface area contributed by atoms with E-state index in [1.807, 2.05) is 0 Å². The van der Waals surface area contributed by atoms with Gasteiger partial charge in [-0.2, -0.15) is 5.01 Å². The number of carbonyl (C=O) groups excluding carboxylic acids is 4. The number of ketones is 1. The van der Waals surface area contributed by atoms with Crippen LogP contribution < -0.4 is 0 Å². The fourth-order valence-corrected chi connectivity index (χ4v) is 8.37. The van der Waals surface area contributed by atoms with Gasteiger partial charge < -0.3 is 0 Å². The molecule has 1 aliphatic heterocycles. The molecule has 2 aromatic rings. The van der Waals surface area contributed by atoms with Crippen LogP contribution in [0.4, 0.5) is 0 Å². The van der Waals surface area contributed by atoms with Crippen LogP contribution >= 0.6 is 81.2 Å². The summed E-state index contributed by atoms with van der Waals surface area (Å²) in [4.78, 5) is 51.1. The number of rotatable bonds is 5. The number of alkyl halides is 4. The highest BCUT2D eigenvalue weighted by molar-refractivity contribution is 6.66. The van der Waals surface area contributed by atoms with E-state index in [0.29, 0.717) is 10.0 Å². The van der Waals surface area contributed by atoms with Crippen LogP contribution in [-0.4, -0.2) is 53.6 Å². The zero-order valence-corrected chi connectivity index (χ0v) is 24.4. The highest BCUT2D eigenvalue weighted by Gasteiger charge is 2.88. The predicted molar refractivity (Wildman–Crippen MR) is 147 cm³/mol. The number of halogens is 7. The molecule has 5 atom stereocenters. The topological polar surface area (TPSA) is 74.8 Å². The van der Waals surface area contributed by atoms with Crippen molar-refractivity contribution >= 4 is 105 Å². The van der Waals surface area contributed by atoms with Crippen molar-refractivity contribution in [3.05, 3.63) is 80.8 Å². The summed E-state index contributed by atoms with van der Waals surface area (Å²) >= 11 is 45.4. The van der Waals surface area contributed by atoms with E-state index in [0.717, 1.165) is 5.01 Å². The molecule has 3 amide bonds. The van der Waals surface area contributed by atoms with Gasteiger partial charge in [0.15, 0.2) is 10.1 Å². The average molecular weight is 656 g/mol. The number of benzene rings is 2. The third-order valence-electron chi connectivity index (χ3n) is 7.20. The lowest BCUT2D eigenvalue weighted by atomic mass is 9.84. The van der Waals surface area contributed by atoms with Crippen LogP contribution in [0.3, 0.4) is 0 Å². The molecule has 3 aliphatic rings. The number of allylic oxidation sites excluding steroid dienone is 2. The molecule has 5 rings (SSSR count). The minimum atomic E-state index is -2.14. The zero-order valence-electron chi connectivity index (χ0n) is 19.1. The largest absolute Gasteiger partial charge is 0.292 e. The molecule has 0 radical (unpaired) electrons. The molecule has 2 bridgehead atoms. The number of imide groups is 1. The maximum atomic E-state index is 14.0. The summed E-state index contributed by atoms with van der Waals surface area (Å²) in [5, 5.41) is 1.18. The van der Waals surface area contributed by atoms with Crippen LogP contribution in [0.2, 0.25) is 5.02 Å². The number of nitrogens with zero attached hydrogens (tertiary/aromatic N) is 2. The molecule has 2 fully saturated rings. The summed E-state index contributed by atoms with van der Waals surface area (Å²) in [5.74, 6) is -6.22. The third-order valence-corrected chi connectivity index (χ3v) is 11.7. The van der Waals surface area contributed by atoms with E-state index < -0.39 is 55.5 Å². The van der Waals surface area contributed by atoms with Gasteiger partial charge in [-0.05, 0) is 31.2 Å². The molecule has 198 valence electrons. The second-order valence-corrected chi connectivity index (χ2v) is 12.8. The molecule has 0 N–H and O–H groups in total. The van der Waals surface area contributed by atoms with E-state index in [4.69, 9.17) is 81.2 Å². The van der Waals surface area contributed by atoms with Gasteiger partial charge in [0.2, 0.25) is 0 Å². The van der Waals surface area contributed by atoms with Gasteiger partial charge in [0.05, 0.1) is 21.9 Å². The zero-order chi connectivity index (χ0) is 27.9. The highest BCUT2D eigenvalue weighted by Crippen LogP contribution is 2.77. The normalized spacial score (nSPS) is 30.1. The van der Waals surface area contributed by atoms with Crippen LogP contribution in [0, 0.1) is 11.8 Å². The van der Waals surface area contributed by atoms with Crippen molar-refractivity contribution in [3.63, 3.8) is 0 Å². The number of hydrazine groups is 1. The number of amides is 3. The SMILES string of the molecule is C[C@H](C(=O)c1ccccc1)N(C(=O)c1ccc(Cl)cc1)N1C(=O)[C@H]2[C@H](C1=O)[C@@]1(Cl)C(Cl)=C(Cl)[C@@]2(Cl)C1(Cl)Cl. The maximum absolute atomic E-state index is 14.0. The van der Waals surface area contributed by atoms with E-state index in [2.05, 4.69) is 0 Å². The van der Waals surface area contributed by atoms with Crippen LogP contribution in [0.15, 0.2) is 64.7 Å². The number of Topliss-reactive ketones (excluding diaryl/α,β-unsaturated/α-hetero) is 1. The fourth-order valence-electron chi connectivity index (χ4n) is 5.31. The molecule has 0 spiro atoms. The van der Waals surface area contributed by atoms with E-state index >= 15 is 0 Å². The van der Waals surface area contributed by atoms with Gasteiger partial charge in [-0.3, -0.25) is 19.2 Å². The summed E-state index contributed by atoms with van der Waals surface area (Å²) in [6.07, 6.45) is 0. The summed E-state index contributed by atoms with van der Waals surface area (Å²) < 4.78 is -2.14. The summed E-state index contributed by atoms with van der Waals surface area (Å²) in [5.41, 5.74) is 0.311. The van der Waals surface area contributed by atoms with E-state index in [9.17, 15) is 19.2 Å². The fraction of sp³-hybridized carbons (Fsp3) is 0.280. The quantitative estimate of drug-likeness (QED) is 0.212. The van der Waals surface area contributed by atoms with Crippen molar-refractivity contribution in [2.24, 2.45) is 11.8 Å². The van der Waals surface area contributed by atoms with Crippen molar-refractivity contribution in [2.75, 3.05) is 0 Å². The molecule has 0 aromatic heterocycles. The highest BCUT2D eigenvalue weighted by atomic mass is 35.5. The van der Waals surface area contributed by atoms with Gasteiger partial charge in [0.1, 0.15) is 15.8 Å². The Hall–Kier alpha value is -1.51. The lowest BCUT2D eigenvalue weighted by molar-refractivity contribution is -0.157. The Morgan fingerprint density at radius 2 is 1.26 bits per heavy atom. The smallest absolute Gasteiger partial charge is 0.273 e. The first-order chi connectivity index (χ1) is 17.7. The van der Waals surface area contributed by atoms with Crippen molar-refractivity contribution in [1.82, 2.24) is 10.0 Å². The van der Waals surface area contributed by atoms with Gasteiger partial charge >= 0.3 is 0 Å². The van der Waals surface area contributed by atoms with Gasteiger partial charge in [-0.15, -0.1) is 23.2 Å². The number of fused-ring (bicyclic) bond motifs is 5. The Morgan fingerprint density at radius 3 is 1.74 bits per heavy atom. The summed E-state index contributed by atoms with van der Waals surface area (Å²) in [6, 6.07) is 12.5. The standard InChI is InChI=1S/C25H15Cl7N2O4/c1-11(17(35)12-5-3-2-4-6-12)33(20(36)13-7-9-14(26)10-8-13)34-21(37)15-16(22(34)38)24(30)19(28)18(27)23(15,29)25(24,31)32/h2-11,15-16H,1H3/t11-,15-,16-,23-,24-/m1/s1. The molecule has 0 unspecified atom stereocenters. The number of hydrogen-bond acceptors (Lipinski definition) is 4. The van der Waals surface area contributed by atoms with Gasteiger partial charge in [-0.25, -0.2) is 5.01 Å². The van der Waals surface area contributed by atoms with Gasteiger partial charge in [0, 0.05) is 16.1 Å². The predicted octanol–water partition coefficient (Wildman–Crippen LogP) is 6.42. The second kappa shape index (κ2) is 9.27. The first-order valence-corrected chi connectivity index (χ1v) is 13.8. The van der Waals surface area contributed by atoms with Crippen LogP contribution in [0.5, 0.6) is 0 Å². The third kappa shape index (κ3) is 3.41. The summed E-state index contributed by atoms with van der Waals surface area (Å²) in [7, 11) is 0. The van der Waals surface area contributed by atoms with E-state index in [-0.39, 0.29) is 21.2 Å². The molecule has 38 heavy (non-hydrogen) atoms. The molecule has 1 heterocycles. The van der Waals surface area contributed by atoms with Crippen LogP contribution in [0.1, 0.15) is 27.6 Å². The first kappa shape index (κ1) is 28.0. The molecular formula is C25H15Cl7N2O4. The van der Waals surface area contributed by atoms with Crippen molar-refractivity contribution < 1.29 is 19.2 Å². The molecular weight excluding hydrogens is 640 g/mol. The Balaban J connectivity index is 1.64. The Labute approximate surface area is 252 Å². The Kier molecular flexibility index (Phi) is 6.84. The Bertz CT molecular complexity index is 1380. The lowest BCUT2D eigenvalue weighted by Crippen LogP contribution is -2.59. The van der Waals surface area contributed by atoms with Crippen molar-refractivity contribution in [1.29, 1.82) is 0 Å². The van der Waals surface area contributed by atoms with Crippen LogP contribution in [0.25, 0.3) is 0 Å². The molecule has 2 aromatic carbocycles. The maximum Gasteiger partial charge on any atom is 0.273 e. The van der Waals surface area contributed by atoms with Gasteiger partial charge in [-0.1, -0.05) is 88.3 Å². The van der Waals surface area contributed by atoms with Gasteiger partial charge in [0.25, 0.3) is 17.7 Å². The number of carbonyl (C=O) groups is 4. The van der Waals surface area contributed by atoms with Crippen molar-refractivity contribution in [3.8, 4) is 0 Å². The minimum Gasteiger partial charge on any atom is -0.292 e. The van der Waals surface area contributed by atoms with E-state index in [1.54, 1.807) is 30.3 Å². The molecule has 2 aliphatic carbocycles. The summed E-state index contributed by atoms with van der Waals surface area (Å²) in [6.45, 7) is 1.39. The average Bonchev–Trinajstić information content (AvgIpc) is 3.28. The van der Waals surface area contributed by atoms with Crippen molar-refractivity contribution in [2.45, 2.75) is 27.0 Å². The number of hydrogen-bond donors (Lipinski definition) is 0. The Morgan fingerprint density at radius 1 is 0.789 bits per heavy atom. The second-order valence-electron chi connectivity index (χ2n) is 9.13. The monoisotopic (exact) mass is 652 g/mol. The first-order valence-electron chi connectivity index (χ1n) is 11.1. The minimum absolute atomic E-state index is 0.0575. The van der Waals surface area contributed by atoms with E-state index in [1.165, 1.54) is 31.2 Å². The molecule has 6 nitrogen and oxygen atoms in total. The molecule has 1 saturated carbocycles. The molecule has 1 saturated heterocycles. The van der Waals surface area contributed by atoms with Crippen LogP contribution in [-0.2, 0) is 9.59 Å². The molecule has 13 heteroatoms. The lowest BCUT2D eigenvalue weighted by Gasteiger charge is -2.38.